The molecule has 3 nitrogen and oxygen atoms in total. The number of aromatic nitrogens is 1. The van der Waals surface area contributed by atoms with Crippen LogP contribution in [-0.4, -0.2) is 16.1 Å². The normalized spacial score (nSPS) is 10.5. The summed E-state index contributed by atoms with van der Waals surface area (Å²) in [6, 6.07) is 1.76. The van der Waals surface area contributed by atoms with Crippen molar-refractivity contribution in [1.29, 1.82) is 0 Å². The van der Waals surface area contributed by atoms with Gasteiger partial charge < -0.3 is 6.53 Å². The van der Waals surface area contributed by atoms with E-state index >= 15 is 0 Å². The summed E-state index contributed by atoms with van der Waals surface area (Å²) in [5.41, 5.74) is -0.203. The molecule has 0 aliphatic carbocycles. The Labute approximate surface area is 135 Å². The summed E-state index contributed by atoms with van der Waals surface area (Å²) in [7, 11) is 0. The first-order valence-corrected chi connectivity index (χ1v) is 4.58. The van der Waals surface area contributed by atoms with Crippen molar-refractivity contribution in [2.45, 2.75) is 19.3 Å². The fourth-order valence-electron chi connectivity index (χ4n) is 0.877. The minimum absolute atomic E-state index is 0. The van der Waals surface area contributed by atoms with E-state index < -0.39 is 11.4 Å². The number of pyridine rings is 1. The van der Waals surface area contributed by atoms with Gasteiger partial charge in [-0.3, -0.25) is 9.78 Å². The van der Waals surface area contributed by atoms with Crippen LogP contribution in [0.25, 0.3) is 0 Å². The predicted octanol–water partition coefficient (Wildman–Crippen LogP) is -0.677. The first kappa shape index (κ1) is 14.7. The van der Waals surface area contributed by atoms with E-state index in [1.807, 2.05) is 0 Å². The van der Waals surface area contributed by atoms with Gasteiger partial charge in [-0.1, -0.05) is 0 Å². The molecule has 1 aromatic rings. The topological polar surface area (TPSA) is 50.2 Å². The summed E-state index contributed by atoms with van der Waals surface area (Å²) in [5, 5.41) is 8.94. The van der Waals surface area contributed by atoms with E-state index in [4.69, 9.17) is 5.11 Å². The summed E-state index contributed by atoms with van der Waals surface area (Å²) in [6.07, 6.45) is 3.19. The van der Waals surface area contributed by atoms with Crippen LogP contribution < -0.4 is 51.4 Å². The number of nitrogens with zero attached hydrogens (tertiary/aromatic N) is 1. The Bertz CT molecular complexity index is 347. The molecule has 5 heteroatoms. The number of carboxylic acid groups (broad SMARTS) is 1. The molecule has 0 radical (unpaired) electrons. The van der Waals surface area contributed by atoms with E-state index in [1.165, 1.54) is 0 Å². The Morgan fingerprint density at radius 2 is 2.14 bits per heavy atom. The summed E-state index contributed by atoms with van der Waals surface area (Å²) in [6.45, 7) is 3.30. The largest absolute Gasteiger partial charge is 1.00 e. The second-order valence-corrected chi connectivity index (χ2v) is 4.24. The standard InChI is InChI=1S/C9H10BrNO2.K.H/c1-9(2,8(12)13)6-3-7(10)5-11-4-6;;/h3-5H,1-2H3,(H,12,13);;/q;+1;-1. The van der Waals surface area contributed by atoms with Crippen LogP contribution in [0.2, 0.25) is 0 Å². The average molecular weight is 284 g/mol. The number of aliphatic carboxylic acids is 1. The summed E-state index contributed by atoms with van der Waals surface area (Å²) in [4.78, 5) is 14.8. The van der Waals surface area contributed by atoms with Crippen LogP contribution in [0.3, 0.4) is 0 Å². The third-order valence-corrected chi connectivity index (χ3v) is 2.39. The molecule has 0 fully saturated rings. The molecule has 0 amide bonds. The summed E-state index contributed by atoms with van der Waals surface area (Å²) >= 11 is 3.25. The molecule has 0 spiro atoms. The third-order valence-electron chi connectivity index (χ3n) is 1.96. The van der Waals surface area contributed by atoms with Gasteiger partial charge in [-0.05, 0) is 41.4 Å². The first-order valence-electron chi connectivity index (χ1n) is 3.79. The van der Waals surface area contributed by atoms with Gasteiger partial charge in [-0.25, -0.2) is 0 Å². The maximum atomic E-state index is 10.9. The van der Waals surface area contributed by atoms with Crippen LogP contribution in [0, 0.1) is 0 Å². The molecule has 1 rings (SSSR count). The fourth-order valence-corrected chi connectivity index (χ4v) is 1.24. The third kappa shape index (κ3) is 3.39. The molecule has 0 bridgehead atoms. The predicted molar refractivity (Wildman–Crippen MR) is 53.7 cm³/mol. The van der Waals surface area contributed by atoms with Crippen LogP contribution in [0.1, 0.15) is 20.8 Å². The molecule has 0 aliphatic heterocycles. The Balaban J connectivity index is 0. The number of carbonyl (C=O) groups is 1. The van der Waals surface area contributed by atoms with Crippen molar-refractivity contribution in [2.75, 3.05) is 0 Å². The average Bonchev–Trinajstić information content (AvgIpc) is 2.04. The van der Waals surface area contributed by atoms with Crippen LogP contribution in [0.5, 0.6) is 0 Å². The van der Waals surface area contributed by atoms with Crippen molar-refractivity contribution in [2.24, 2.45) is 0 Å². The van der Waals surface area contributed by atoms with Crippen LogP contribution in [0.4, 0.5) is 0 Å². The number of carboxylic acids is 1. The van der Waals surface area contributed by atoms with Gasteiger partial charge in [0, 0.05) is 16.9 Å². The zero-order chi connectivity index (χ0) is 10.1. The number of halogens is 1. The van der Waals surface area contributed by atoms with Gasteiger partial charge in [-0.2, -0.15) is 0 Å². The van der Waals surface area contributed by atoms with Crippen molar-refractivity contribution in [3.63, 3.8) is 0 Å². The fraction of sp³-hybridized carbons (Fsp3) is 0.333. The number of hydrogen-bond acceptors (Lipinski definition) is 2. The molecular weight excluding hydrogens is 273 g/mol. The molecular formula is C9H11BrKNO2. The van der Waals surface area contributed by atoms with Gasteiger partial charge >= 0.3 is 57.4 Å². The second kappa shape index (κ2) is 5.72. The van der Waals surface area contributed by atoms with Crippen molar-refractivity contribution >= 4 is 21.9 Å². The van der Waals surface area contributed by atoms with Gasteiger partial charge in [0.15, 0.2) is 0 Å². The molecule has 0 atom stereocenters. The molecule has 0 saturated carbocycles. The minimum atomic E-state index is -0.892. The molecule has 1 N–H and O–H groups in total. The SMILES string of the molecule is CC(C)(C(=O)O)c1cncc(Br)c1.[H-].[K+]. The van der Waals surface area contributed by atoms with Crippen molar-refractivity contribution in [3.8, 4) is 0 Å². The smallest absolute Gasteiger partial charge is 1.00 e. The van der Waals surface area contributed by atoms with E-state index in [2.05, 4.69) is 20.9 Å². The monoisotopic (exact) mass is 283 g/mol. The molecule has 0 saturated heterocycles. The van der Waals surface area contributed by atoms with Crippen LogP contribution in [0.15, 0.2) is 22.9 Å². The summed E-state index contributed by atoms with van der Waals surface area (Å²) in [5.74, 6) is -0.854. The number of hydrogen-bond donors (Lipinski definition) is 1. The molecule has 0 aliphatic rings. The maximum absolute atomic E-state index is 10.9. The summed E-state index contributed by atoms with van der Waals surface area (Å²) < 4.78 is 0.791. The van der Waals surface area contributed by atoms with Crippen molar-refractivity contribution < 1.29 is 62.7 Å². The molecule has 14 heavy (non-hydrogen) atoms. The van der Waals surface area contributed by atoms with E-state index in [9.17, 15) is 4.79 Å². The molecule has 1 aromatic heterocycles. The Hall–Kier alpha value is 0.736. The van der Waals surface area contributed by atoms with Crippen molar-refractivity contribution in [1.82, 2.24) is 4.98 Å². The minimum Gasteiger partial charge on any atom is -1.00 e. The van der Waals surface area contributed by atoms with Crippen LogP contribution in [-0.2, 0) is 10.2 Å². The van der Waals surface area contributed by atoms with E-state index in [1.54, 1.807) is 32.3 Å². The Morgan fingerprint density at radius 1 is 1.57 bits per heavy atom. The van der Waals surface area contributed by atoms with Crippen LogP contribution >= 0.6 is 15.9 Å². The van der Waals surface area contributed by atoms with E-state index in [0.717, 1.165) is 4.47 Å². The zero-order valence-corrected chi connectivity index (χ0v) is 13.1. The number of rotatable bonds is 2. The van der Waals surface area contributed by atoms with Crippen molar-refractivity contribution in [3.05, 3.63) is 28.5 Å². The first-order chi connectivity index (χ1) is 5.94. The van der Waals surface area contributed by atoms with Gasteiger partial charge in [-0.15, -0.1) is 0 Å². The van der Waals surface area contributed by atoms with Gasteiger partial charge in [0.1, 0.15) is 0 Å². The van der Waals surface area contributed by atoms with Gasteiger partial charge in [0.05, 0.1) is 5.41 Å². The Morgan fingerprint density at radius 3 is 2.57 bits per heavy atom. The zero-order valence-electron chi connectivity index (χ0n) is 9.41. The van der Waals surface area contributed by atoms with E-state index in [0.29, 0.717) is 5.56 Å². The molecule has 1 heterocycles. The second-order valence-electron chi connectivity index (χ2n) is 3.32. The maximum Gasteiger partial charge on any atom is 1.00 e. The van der Waals surface area contributed by atoms with Gasteiger partial charge in [0.25, 0.3) is 0 Å². The Kier molecular flexibility index (Phi) is 6.02. The molecule has 0 aromatic carbocycles. The molecule has 72 valence electrons. The quantitative estimate of drug-likeness (QED) is 0.732. The van der Waals surface area contributed by atoms with E-state index in [-0.39, 0.29) is 52.8 Å². The molecule has 0 unspecified atom stereocenters. The van der Waals surface area contributed by atoms with Gasteiger partial charge in [0.2, 0.25) is 0 Å².